The van der Waals surface area contributed by atoms with E-state index in [-0.39, 0.29) is 0 Å². The van der Waals surface area contributed by atoms with Crippen molar-refractivity contribution in [2.24, 2.45) is 0 Å². The van der Waals surface area contributed by atoms with Crippen LogP contribution in [0.2, 0.25) is 0 Å². The Morgan fingerprint density at radius 2 is 2.21 bits per heavy atom. The molecule has 0 saturated heterocycles. The standard InChI is InChI=1S/C14H13NO4/c1-18-13-5-2-4-11(10-13)15(17)14(16)8-7-12-6-3-9-19-12/h2-10,17H,1H3. The van der Waals surface area contributed by atoms with Gasteiger partial charge in [-0.2, -0.15) is 5.06 Å². The topological polar surface area (TPSA) is 62.9 Å². The Morgan fingerprint density at radius 1 is 1.37 bits per heavy atom. The summed E-state index contributed by atoms with van der Waals surface area (Å²) in [6.07, 6.45) is 4.20. The zero-order chi connectivity index (χ0) is 13.7. The summed E-state index contributed by atoms with van der Waals surface area (Å²) in [4.78, 5) is 11.7. The molecular weight excluding hydrogens is 246 g/mol. The second-order valence-corrected chi connectivity index (χ2v) is 3.70. The Morgan fingerprint density at radius 3 is 2.89 bits per heavy atom. The number of benzene rings is 1. The van der Waals surface area contributed by atoms with Crippen LogP contribution in [-0.2, 0) is 4.79 Å². The smallest absolute Gasteiger partial charge is 0.274 e. The summed E-state index contributed by atoms with van der Waals surface area (Å²) in [7, 11) is 1.51. The van der Waals surface area contributed by atoms with Crippen molar-refractivity contribution in [1.29, 1.82) is 0 Å². The van der Waals surface area contributed by atoms with E-state index in [1.54, 1.807) is 36.4 Å². The van der Waals surface area contributed by atoms with Crippen molar-refractivity contribution in [1.82, 2.24) is 0 Å². The van der Waals surface area contributed by atoms with Gasteiger partial charge in [-0.05, 0) is 30.3 Å². The van der Waals surface area contributed by atoms with Gasteiger partial charge in [0.15, 0.2) is 0 Å². The molecule has 0 bridgehead atoms. The van der Waals surface area contributed by atoms with Gasteiger partial charge in [-0.15, -0.1) is 0 Å². The van der Waals surface area contributed by atoms with Crippen molar-refractivity contribution in [3.8, 4) is 5.75 Å². The van der Waals surface area contributed by atoms with Crippen LogP contribution in [0.3, 0.4) is 0 Å². The van der Waals surface area contributed by atoms with Crippen LogP contribution in [0.1, 0.15) is 5.76 Å². The zero-order valence-electron chi connectivity index (χ0n) is 10.3. The third-order valence-corrected chi connectivity index (χ3v) is 2.44. The van der Waals surface area contributed by atoms with E-state index in [4.69, 9.17) is 9.15 Å². The number of hydroxylamine groups is 1. The van der Waals surface area contributed by atoms with Gasteiger partial charge in [0, 0.05) is 12.1 Å². The van der Waals surface area contributed by atoms with E-state index in [1.165, 1.54) is 25.5 Å². The maximum absolute atomic E-state index is 11.7. The number of ether oxygens (including phenoxy) is 1. The molecule has 0 unspecified atom stereocenters. The first-order valence-electron chi connectivity index (χ1n) is 5.59. The Bertz CT molecular complexity index is 575. The molecule has 1 aromatic carbocycles. The van der Waals surface area contributed by atoms with Crippen LogP contribution < -0.4 is 9.80 Å². The quantitative estimate of drug-likeness (QED) is 0.521. The first-order valence-corrected chi connectivity index (χ1v) is 5.59. The van der Waals surface area contributed by atoms with Crippen molar-refractivity contribution < 1.29 is 19.2 Å². The number of hydrogen-bond donors (Lipinski definition) is 1. The van der Waals surface area contributed by atoms with Gasteiger partial charge in [0.25, 0.3) is 5.91 Å². The molecule has 98 valence electrons. The highest BCUT2D eigenvalue weighted by Gasteiger charge is 2.10. The van der Waals surface area contributed by atoms with Crippen molar-refractivity contribution in [3.63, 3.8) is 0 Å². The minimum atomic E-state index is -0.579. The molecule has 0 fully saturated rings. The highest BCUT2D eigenvalue weighted by atomic mass is 16.5. The molecule has 0 saturated carbocycles. The van der Waals surface area contributed by atoms with Crippen LogP contribution in [0.25, 0.3) is 6.08 Å². The number of carbonyl (C=O) groups is 1. The lowest BCUT2D eigenvalue weighted by atomic mass is 10.3. The second-order valence-electron chi connectivity index (χ2n) is 3.70. The van der Waals surface area contributed by atoms with E-state index in [0.717, 1.165) is 0 Å². The molecule has 1 heterocycles. The minimum absolute atomic E-state index is 0.327. The van der Waals surface area contributed by atoms with E-state index < -0.39 is 5.91 Å². The normalized spacial score (nSPS) is 10.6. The summed E-state index contributed by atoms with van der Waals surface area (Å²) in [5.74, 6) is 0.511. The molecule has 1 amide bonds. The number of methoxy groups -OCH3 is 1. The molecule has 2 aromatic rings. The lowest BCUT2D eigenvalue weighted by molar-refractivity contribution is -0.118. The Labute approximate surface area is 110 Å². The fourth-order valence-corrected chi connectivity index (χ4v) is 1.48. The van der Waals surface area contributed by atoms with Gasteiger partial charge in [-0.25, -0.2) is 0 Å². The maximum Gasteiger partial charge on any atom is 0.274 e. The van der Waals surface area contributed by atoms with Crippen molar-refractivity contribution in [2.75, 3.05) is 12.2 Å². The summed E-state index contributed by atoms with van der Waals surface area (Å²) in [6.45, 7) is 0. The Balaban J connectivity index is 2.10. The van der Waals surface area contributed by atoms with E-state index >= 15 is 0 Å². The highest BCUT2D eigenvalue weighted by molar-refractivity contribution is 6.01. The summed E-state index contributed by atoms with van der Waals surface area (Å²) in [5.41, 5.74) is 0.327. The molecule has 0 aliphatic carbocycles. The largest absolute Gasteiger partial charge is 0.497 e. The summed E-state index contributed by atoms with van der Waals surface area (Å²) in [6, 6.07) is 9.97. The lowest BCUT2D eigenvalue weighted by Gasteiger charge is -2.13. The summed E-state index contributed by atoms with van der Waals surface area (Å²) in [5, 5.41) is 10.3. The molecule has 0 atom stereocenters. The van der Waals surface area contributed by atoms with E-state index in [0.29, 0.717) is 22.3 Å². The van der Waals surface area contributed by atoms with Crippen molar-refractivity contribution in [2.45, 2.75) is 0 Å². The lowest BCUT2D eigenvalue weighted by Crippen LogP contribution is -2.24. The molecule has 19 heavy (non-hydrogen) atoms. The predicted molar refractivity (Wildman–Crippen MR) is 70.0 cm³/mol. The summed E-state index contributed by atoms with van der Waals surface area (Å²) >= 11 is 0. The SMILES string of the molecule is COc1cccc(N(O)C(=O)C=Cc2ccco2)c1. The Kier molecular flexibility index (Phi) is 4.00. The molecular formula is C14H13NO4. The molecule has 2 rings (SSSR count). The molecule has 5 nitrogen and oxygen atoms in total. The van der Waals surface area contributed by atoms with E-state index in [9.17, 15) is 10.0 Å². The van der Waals surface area contributed by atoms with Crippen LogP contribution in [0.5, 0.6) is 5.75 Å². The van der Waals surface area contributed by atoms with Gasteiger partial charge in [0.05, 0.1) is 19.1 Å². The number of nitrogens with zero attached hydrogens (tertiary/aromatic N) is 1. The Hall–Kier alpha value is -2.53. The average Bonchev–Trinajstić information content (AvgIpc) is 2.97. The molecule has 5 heteroatoms. The van der Waals surface area contributed by atoms with E-state index in [2.05, 4.69) is 0 Å². The van der Waals surface area contributed by atoms with Gasteiger partial charge in [-0.3, -0.25) is 10.0 Å². The van der Waals surface area contributed by atoms with Crippen LogP contribution in [0, 0.1) is 0 Å². The monoisotopic (exact) mass is 259 g/mol. The van der Waals surface area contributed by atoms with Gasteiger partial charge in [0.1, 0.15) is 11.5 Å². The third kappa shape index (κ3) is 3.23. The molecule has 0 spiro atoms. The third-order valence-electron chi connectivity index (χ3n) is 2.44. The first kappa shape index (κ1) is 12.9. The number of hydrogen-bond acceptors (Lipinski definition) is 4. The fraction of sp³-hybridized carbons (Fsp3) is 0.0714. The van der Waals surface area contributed by atoms with Gasteiger partial charge in [0.2, 0.25) is 0 Å². The second kappa shape index (κ2) is 5.88. The zero-order valence-corrected chi connectivity index (χ0v) is 10.3. The number of rotatable bonds is 4. The van der Waals surface area contributed by atoms with Crippen LogP contribution >= 0.6 is 0 Å². The minimum Gasteiger partial charge on any atom is -0.497 e. The van der Waals surface area contributed by atoms with Gasteiger partial charge in [-0.1, -0.05) is 6.07 Å². The highest BCUT2D eigenvalue weighted by Crippen LogP contribution is 2.20. The number of carbonyl (C=O) groups excluding carboxylic acids is 1. The molecule has 1 N–H and O–H groups in total. The number of anilines is 1. The summed E-state index contributed by atoms with van der Waals surface area (Å²) < 4.78 is 10.1. The van der Waals surface area contributed by atoms with Gasteiger partial charge >= 0.3 is 0 Å². The molecule has 1 aromatic heterocycles. The van der Waals surface area contributed by atoms with Gasteiger partial charge < -0.3 is 9.15 Å². The van der Waals surface area contributed by atoms with Crippen LogP contribution in [-0.4, -0.2) is 18.2 Å². The van der Waals surface area contributed by atoms with Crippen molar-refractivity contribution >= 4 is 17.7 Å². The predicted octanol–water partition coefficient (Wildman–Crippen LogP) is 2.72. The first-order chi connectivity index (χ1) is 9.20. The molecule has 0 radical (unpaired) electrons. The van der Waals surface area contributed by atoms with Crippen molar-refractivity contribution in [3.05, 3.63) is 54.5 Å². The molecule has 0 aliphatic rings. The van der Waals surface area contributed by atoms with E-state index in [1.807, 2.05) is 0 Å². The fourth-order valence-electron chi connectivity index (χ4n) is 1.48. The van der Waals surface area contributed by atoms with Crippen LogP contribution in [0.4, 0.5) is 5.69 Å². The van der Waals surface area contributed by atoms with Crippen LogP contribution in [0.15, 0.2) is 53.2 Å². The number of furan rings is 1. The molecule has 0 aliphatic heterocycles. The number of amides is 1. The average molecular weight is 259 g/mol. The maximum atomic E-state index is 11.7.